The number of hydrogen-bond donors (Lipinski definition) is 1. The van der Waals surface area contributed by atoms with E-state index in [1.807, 2.05) is 0 Å². The van der Waals surface area contributed by atoms with Gasteiger partial charge in [0.05, 0.1) is 0 Å². The molecule has 0 aromatic heterocycles. The molecule has 2 atom stereocenters. The molecule has 1 rings (SSSR count). The van der Waals surface area contributed by atoms with Gasteiger partial charge in [0.25, 0.3) is 0 Å². The molecule has 0 radical (unpaired) electrons. The smallest absolute Gasteiger partial charge is 0.0477 e. The van der Waals surface area contributed by atoms with Crippen LogP contribution in [0.4, 0.5) is 0 Å². The number of hydrogen-bond acceptors (Lipinski definition) is 3. The third kappa shape index (κ3) is 6.86. The summed E-state index contributed by atoms with van der Waals surface area (Å²) in [5.74, 6) is 0.880. The van der Waals surface area contributed by atoms with E-state index in [1.54, 1.807) is 0 Å². The van der Waals surface area contributed by atoms with Gasteiger partial charge in [-0.3, -0.25) is 4.21 Å². The molecule has 1 saturated heterocycles. The highest BCUT2D eigenvalue weighted by molar-refractivity contribution is 7.85. The number of ether oxygens (including phenoxy) is 1. The second-order valence-electron chi connectivity index (χ2n) is 5.25. The molecule has 0 spiro atoms. The van der Waals surface area contributed by atoms with Crippen molar-refractivity contribution in [1.29, 1.82) is 0 Å². The van der Waals surface area contributed by atoms with Gasteiger partial charge in [0.1, 0.15) is 0 Å². The average molecular weight is 275 g/mol. The van der Waals surface area contributed by atoms with Crippen LogP contribution >= 0.6 is 0 Å². The molecular formula is C14H29NO2S. The van der Waals surface area contributed by atoms with Crippen molar-refractivity contribution in [1.82, 2.24) is 5.32 Å². The van der Waals surface area contributed by atoms with E-state index in [2.05, 4.69) is 19.2 Å². The molecule has 0 aromatic carbocycles. The second-order valence-corrected chi connectivity index (χ2v) is 7.08. The molecule has 1 N–H and O–H groups in total. The Morgan fingerprint density at radius 3 is 2.72 bits per heavy atom. The molecule has 4 heteroatoms. The van der Waals surface area contributed by atoms with E-state index in [9.17, 15) is 4.21 Å². The Bertz CT molecular complexity index is 230. The summed E-state index contributed by atoms with van der Waals surface area (Å²) in [6, 6.07) is 0.599. The van der Waals surface area contributed by atoms with Crippen molar-refractivity contribution in [2.75, 3.05) is 25.5 Å². The molecule has 1 aliphatic rings. The van der Waals surface area contributed by atoms with Gasteiger partial charge in [-0.2, -0.15) is 0 Å². The zero-order valence-corrected chi connectivity index (χ0v) is 12.8. The van der Waals surface area contributed by atoms with E-state index >= 15 is 0 Å². The first-order chi connectivity index (χ1) is 8.74. The lowest BCUT2D eigenvalue weighted by Gasteiger charge is -2.21. The highest BCUT2D eigenvalue weighted by Crippen LogP contribution is 2.14. The molecule has 1 heterocycles. The maximum Gasteiger partial charge on any atom is 0.0477 e. The van der Waals surface area contributed by atoms with E-state index in [0.717, 1.165) is 44.8 Å². The molecule has 0 saturated carbocycles. The lowest BCUT2D eigenvalue weighted by atomic mass is 10.1. The van der Waals surface area contributed by atoms with Crippen molar-refractivity contribution >= 4 is 10.8 Å². The Morgan fingerprint density at radius 2 is 2.06 bits per heavy atom. The lowest BCUT2D eigenvalue weighted by molar-refractivity contribution is 0.0992. The summed E-state index contributed by atoms with van der Waals surface area (Å²) >= 11 is 0. The Labute approximate surface area is 115 Å². The first-order valence-corrected chi connectivity index (χ1v) is 8.80. The Kier molecular flexibility index (Phi) is 8.90. The average Bonchev–Trinajstić information content (AvgIpc) is 2.42. The highest BCUT2D eigenvalue weighted by Gasteiger charge is 2.19. The van der Waals surface area contributed by atoms with Gasteiger partial charge in [0.15, 0.2) is 0 Å². The van der Waals surface area contributed by atoms with Crippen LogP contribution in [0.2, 0.25) is 0 Å². The third-order valence-corrected chi connectivity index (χ3v) is 5.42. The van der Waals surface area contributed by atoms with Gasteiger partial charge in [-0.05, 0) is 45.6 Å². The van der Waals surface area contributed by atoms with E-state index in [1.165, 1.54) is 19.3 Å². The molecule has 0 aromatic rings. The summed E-state index contributed by atoms with van der Waals surface area (Å²) in [4.78, 5) is 0. The van der Waals surface area contributed by atoms with Gasteiger partial charge in [0.2, 0.25) is 0 Å². The molecule has 18 heavy (non-hydrogen) atoms. The highest BCUT2D eigenvalue weighted by atomic mass is 32.2. The topological polar surface area (TPSA) is 38.3 Å². The van der Waals surface area contributed by atoms with Crippen LogP contribution in [0.3, 0.4) is 0 Å². The molecule has 0 aliphatic carbocycles. The first-order valence-electron chi connectivity index (χ1n) is 7.42. The fourth-order valence-electron chi connectivity index (χ4n) is 2.29. The number of unbranched alkanes of at least 4 members (excludes halogenated alkanes) is 1. The fourth-order valence-corrected chi connectivity index (χ4v) is 3.83. The molecule has 3 nitrogen and oxygen atoms in total. The Balaban J connectivity index is 2.01. The minimum Gasteiger partial charge on any atom is -0.381 e. The van der Waals surface area contributed by atoms with E-state index in [4.69, 9.17) is 4.74 Å². The predicted molar refractivity (Wildman–Crippen MR) is 78.5 cm³/mol. The second kappa shape index (κ2) is 9.93. The maximum absolute atomic E-state index is 12.1. The summed E-state index contributed by atoms with van der Waals surface area (Å²) < 4.78 is 17.4. The van der Waals surface area contributed by atoms with Gasteiger partial charge >= 0.3 is 0 Å². The van der Waals surface area contributed by atoms with Crippen LogP contribution in [0.1, 0.15) is 52.4 Å². The Hall–Kier alpha value is 0.0700. The van der Waals surface area contributed by atoms with Crippen LogP contribution in [0.25, 0.3) is 0 Å². The van der Waals surface area contributed by atoms with Crippen LogP contribution < -0.4 is 5.32 Å². The lowest BCUT2D eigenvalue weighted by Crippen LogP contribution is -2.27. The van der Waals surface area contributed by atoms with Gasteiger partial charge in [-0.15, -0.1) is 0 Å². The Morgan fingerprint density at radius 1 is 1.33 bits per heavy atom. The van der Waals surface area contributed by atoms with Crippen molar-refractivity contribution in [2.45, 2.75) is 63.7 Å². The van der Waals surface area contributed by atoms with Crippen LogP contribution in [0.5, 0.6) is 0 Å². The summed E-state index contributed by atoms with van der Waals surface area (Å²) in [5.41, 5.74) is 0. The summed E-state index contributed by atoms with van der Waals surface area (Å²) in [6.07, 6.45) is 6.65. The molecular weight excluding hydrogens is 246 g/mol. The summed E-state index contributed by atoms with van der Waals surface area (Å²) in [6.45, 7) is 7.14. The molecule has 2 unspecified atom stereocenters. The molecule has 108 valence electrons. The van der Waals surface area contributed by atoms with Crippen molar-refractivity contribution in [3.63, 3.8) is 0 Å². The fraction of sp³-hybridized carbons (Fsp3) is 1.00. The molecule has 0 bridgehead atoms. The van der Waals surface area contributed by atoms with Crippen molar-refractivity contribution in [2.24, 2.45) is 0 Å². The minimum absolute atomic E-state index is 0.398. The van der Waals surface area contributed by atoms with Crippen LogP contribution in [0, 0.1) is 0 Å². The normalized spacial score (nSPS) is 20.8. The quantitative estimate of drug-likeness (QED) is 0.657. The van der Waals surface area contributed by atoms with Gasteiger partial charge in [-0.1, -0.05) is 13.3 Å². The van der Waals surface area contributed by atoms with Crippen LogP contribution in [0.15, 0.2) is 0 Å². The van der Waals surface area contributed by atoms with Gasteiger partial charge in [0, 0.05) is 41.1 Å². The van der Waals surface area contributed by atoms with Gasteiger partial charge < -0.3 is 10.1 Å². The van der Waals surface area contributed by atoms with Crippen molar-refractivity contribution in [3.05, 3.63) is 0 Å². The summed E-state index contributed by atoms with van der Waals surface area (Å²) in [5, 5.41) is 3.89. The first kappa shape index (κ1) is 16.1. The maximum atomic E-state index is 12.1. The van der Waals surface area contributed by atoms with Crippen LogP contribution in [-0.4, -0.2) is 41.0 Å². The number of nitrogens with one attached hydrogen (secondary N) is 1. The summed E-state index contributed by atoms with van der Waals surface area (Å²) in [7, 11) is -0.627. The van der Waals surface area contributed by atoms with Crippen molar-refractivity contribution < 1.29 is 8.95 Å². The monoisotopic (exact) mass is 275 g/mol. The predicted octanol–water partition coefficient (Wildman–Crippen LogP) is 2.47. The zero-order valence-electron chi connectivity index (χ0n) is 12.0. The third-order valence-electron chi connectivity index (χ3n) is 3.52. The zero-order chi connectivity index (χ0) is 13.2. The standard InChI is InChI=1S/C14H29NO2S/c1-3-9-15-13(2)6-4-5-12-18(16)14-7-10-17-11-8-14/h13-15H,3-12H2,1-2H3. The van der Waals surface area contributed by atoms with Gasteiger partial charge in [-0.25, -0.2) is 0 Å². The van der Waals surface area contributed by atoms with E-state index in [0.29, 0.717) is 11.3 Å². The molecule has 0 amide bonds. The molecule has 1 fully saturated rings. The van der Waals surface area contributed by atoms with Crippen LogP contribution in [-0.2, 0) is 15.5 Å². The molecule has 1 aliphatic heterocycles. The van der Waals surface area contributed by atoms with E-state index in [-0.39, 0.29) is 0 Å². The number of rotatable bonds is 9. The van der Waals surface area contributed by atoms with E-state index < -0.39 is 10.8 Å². The minimum atomic E-state index is -0.627. The largest absolute Gasteiger partial charge is 0.381 e. The SMILES string of the molecule is CCCNC(C)CCCCS(=O)C1CCOCC1. The van der Waals surface area contributed by atoms with Crippen molar-refractivity contribution in [3.8, 4) is 0 Å².